The summed E-state index contributed by atoms with van der Waals surface area (Å²) in [5, 5.41) is 9.66. The fraction of sp³-hybridized carbons (Fsp3) is 0.368. The van der Waals surface area contributed by atoms with Crippen LogP contribution >= 0.6 is 11.6 Å². The van der Waals surface area contributed by atoms with Crippen molar-refractivity contribution in [1.29, 1.82) is 0 Å². The number of anilines is 1. The predicted octanol–water partition coefficient (Wildman–Crippen LogP) is 3.81. The lowest BCUT2D eigenvalue weighted by molar-refractivity contribution is 0.0697. The number of nitrogens with zero attached hydrogens (tertiary/aromatic N) is 2. The van der Waals surface area contributed by atoms with Crippen LogP contribution in [-0.4, -0.2) is 40.4 Å². The van der Waals surface area contributed by atoms with Crippen molar-refractivity contribution in [2.24, 2.45) is 0 Å². The summed E-state index contributed by atoms with van der Waals surface area (Å²) >= 11 is 5.68. The van der Waals surface area contributed by atoms with Gasteiger partial charge in [0.05, 0.1) is 17.1 Å². The van der Waals surface area contributed by atoms with Crippen LogP contribution in [0.25, 0.3) is 5.69 Å². The fourth-order valence-electron chi connectivity index (χ4n) is 3.58. The van der Waals surface area contributed by atoms with E-state index in [2.05, 4.69) is 4.90 Å². The average molecular weight is 361 g/mol. The first-order valence-corrected chi connectivity index (χ1v) is 8.88. The molecule has 3 rings (SSSR count). The van der Waals surface area contributed by atoms with E-state index < -0.39 is 5.97 Å². The summed E-state index contributed by atoms with van der Waals surface area (Å²) in [5.41, 5.74) is 4.01. The molecular weight excluding hydrogens is 340 g/mol. The predicted molar refractivity (Wildman–Crippen MR) is 98.7 cm³/mol. The number of carboxylic acids is 1. The molecule has 132 valence electrons. The van der Waals surface area contributed by atoms with Gasteiger partial charge in [-0.15, -0.1) is 11.6 Å². The molecule has 2 aromatic rings. The highest BCUT2D eigenvalue weighted by molar-refractivity contribution is 6.30. The van der Waals surface area contributed by atoms with Crippen molar-refractivity contribution in [3.05, 3.63) is 46.8 Å². The molecule has 1 saturated heterocycles. The standard InChI is InChI=1S/C19H21ClN2O3/c1-12-9-15(18(23)11-20)13(2)22(12)14-5-6-17(16(10-14)19(24)25)21-7-3-4-8-21/h5-6,9-10H,3-4,7-8,11H2,1-2H3,(H,24,25). The van der Waals surface area contributed by atoms with Gasteiger partial charge < -0.3 is 14.6 Å². The van der Waals surface area contributed by atoms with Crippen molar-refractivity contribution in [3.8, 4) is 5.69 Å². The molecule has 0 radical (unpaired) electrons. The zero-order chi connectivity index (χ0) is 18.1. The lowest BCUT2D eigenvalue weighted by Crippen LogP contribution is -2.21. The first kappa shape index (κ1) is 17.5. The van der Waals surface area contributed by atoms with E-state index in [-0.39, 0.29) is 17.2 Å². The number of hydrogen-bond acceptors (Lipinski definition) is 3. The summed E-state index contributed by atoms with van der Waals surface area (Å²) in [7, 11) is 0. The number of aryl methyl sites for hydroxylation is 1. The third kappa shape index (κ3) is 3.16. The summed E-state index contributed by atoms with van der Waals surface area (Å²) in [5.74, 6) is -1.14. The Kier molecular flexibility index (Phi) is 4.86. The van der Waals surface area contributed by atoms with Gasteiger partial charge in [0, 0.05) is 35.7 Å². The maximum atomic E-state index is 12.0. The molecule has 5 nitrogen and oxygen atoms in total. The van der Waals surface area contributed by atoms with Crippen LogP contribution in [0.3, 0.4) is 0 Å². The van der Waals surface area contributed by atoms with Crippen LogP contribution in [0.1, 0.15) is 44.9 Å². The van der Waals surface area contributed by atoms with Gasteiger partial charge in [0.25, 0.3) is 0 Å². The normalized spacial score (nSPS) is 14.1. The summed E-state index contributed by atoms with van der Waals surface area (Å²) in [6, 6.07) is 7.26. The second-order valence-corrected chi connectivity index (χ2v) is 6.65. The van der Waals surface area contributed by atoms with Crippen LogP contribution in [0.2, 0.25) is 0 Å². The molecule has 0 amide bonds. The Balaban J connectivity index is 2.10. The van der Waals surface area contributed by atoms with E-state index in [0.717, 1.165) is 48.7 Å². The van der Waals surface area contributed by atoms with Crippen LogP contribution in [0.4, 0.5) is 5.69 Å². The molecule has 1 aromatic heterocycles. The van der Waals surface area contributed by atoms with Crippen molar-refractivity contribution in [2.45, 2.75) is 26.7 Å². The van der Waals surface area contributed by atoms with Crippen molar-refractivity contribution in [2.75, 3.05) is 23.9 Å². The summed E-state index contributed by atoms with van der Waals surface area (Å²) < 4.78 is 1.90. The van der Waals surface area contributed by atoms with Crippen LogP contribution in [-0.2, 0) is 0 Å². The van der Waals surface area contributed by atoms with Gasteiger partial charge in [-0.2, -0.15) is 0 Å². The van der Waals surface area contributed by atoms with Crippen molar-refractivity contribution >= 4 is 29.0 Å². The van der Waals surface area contributed by atoms with E-state index in [1.165, 1.54) is 0 Å². The van der Waals surface area contributed by atoms with E-state index in [9.17, 15) is 14.7 Å². The molecule has 6 heteroatoms. The summed E-state index contributed by atoms with van der Waals surface area (Å²) in [6.07, 6.45) is 2.17. The number of carbonyl (C=O) groups is 2. The minimum Gasteiger partial charge on any atom is -0.478 e. The fourth-order valence-corrected chi connectivity index (χ4v) is 3.73. The minimum atomic E-state index is -0.941. The molecule has 0 bridgehead atoms. The number of hydrogen-bond donors (Lipinski definition) is 1. The second-order valence-electron chi connectivity index (χ2n) is 6.38. The Morgan fingerprint density at radius 3 is 2.40 bits per heavy atom. The zero-order valence-electron chi connectivity index (χ0n) is 14.4. The Morgan fingerprint density at radius 2 is 1.80 bits per heavy atom. The highest BCUT2D eigenvalue weighted by Crippen LogP contribution is 2.29. The molecule has 1 aliphatic heterocycles. The van der Waals surface area contributed by atoms with Crippen LogP contribution in [0, 0.1) is 13.8 Å². The number of benzene rings is 1. The molecule has 1 fully saturated rings. The van der Waals surface area contributed by atoms with Crippen molar-refractivity contribution < 1.29 is 14.7 Å². The summed E-state index contributed by atoms with van der Waals surface area (Å²) in [6.45, 7) is 5.51. The molecular formula is C19H21ClN2O3. The van der Waals surface area contributed by atoms with Gasteiger partial charge in [-0.25, -0.2) is 4.79 Å². The third-order valence-corrected chi connectivity index (χ3v) is 5.01. The average Bonchev–Trinajstić information content (AvgIpc) is 3.22. The number of Topliss-reactive ketones (excluding diaryl/α,β-unsaturated/α-hetero) is 1. The Bertz CT molecular complexity index is 835. The monoisotopic (exact) mass is 360 g/mol. The first-order chi connectivity index (χ1) is 11.9. The van der Waals surface area contributed by atoms with Crippen LogP contribution < -0.4 is 4.90 Å². The lowest BCUT2D eigenvalue weighted by atomic mass is 10.1. The molecule has 0 spiro atoms. The third-order valence-electron chi connectivity index (χ3n) is 4.77. The van der Waals surface area contributed by atoms with E-state index in [4.69, 9.17) is 11.6 Å². The molecule has 1 aromatic carbocycles. The number of ketones is 1. The number of aromatic nitrogens is 1. The van der Waals surface area contributed by atoms with Gasteiger partial charge >= 0.3 is 5.97 Å². The molecule has 1 N–H and O–H groups in total. The van der Waals surface area contributed by atoms with E-state index in [0.29, 0.717) is 5.56 Å². The Hall–Kier alpha value is -2.27. The largest absolute Gasteiger partial charge is 0.478 e. The highest BCUT2D eigenvalue weighted by atomic mass is 35.5. The number of rotatable bonds is 5. The van der Waals surface area contributed by atoms with Crippen LogP contribution in [0.5, 0.6) is 0 Å². The molecule has 0 atom stereocenters. The van der Waals surface area contributed by atoms with Gasteiger partial charge in [0.1, 0.15) is 0 Å². The minimum absolute atomic E-state index is 0.0709. The maximum absolute atomic E-state index is 12.0. The zero-order valence-corrected chi connectivity index (χ0v) is 15.1. The van der Waals surface area contributed by atoms with Gasteiger partial charge in [0.2, 0.25) is 0 Å². The van der Waals surface area contributed by atoms with E-state index in [1.807, 2.05) is 30.5 Å². The molecule has 0 saturated carbocycles. The molecule has 25 heavy (non-hydrogen) atoms. The molecule has 0 aliphatic carbocycles. The van der Waals surface area contributed by atoms with Gasteiger partial charge in [-0.3, -0.25) is 4.79 Å². The smallest absolute Gasteiger partial charge is 0.337 e. The van der Waals surface area contributed by atoms with E-state index in [1.54, 1.807) is 12.1 Å². The molecule has 1 aliphatic rings. The quantitative estimate of drug-likeness (QED) is 0.650. The summed E-state index contributed by atoms with van der Waals surface area (Å²) in [4.78, 5) is 25.9. The number of halogens is 1. The molecule has 0 unspecified atom stereocenters. The van der Waals surface area contributed by atoms with E-state index >= 15 is 0 Å². The second kappa shape index (κ2) is 6.92. The lowest BCUT2D eigenvalue weighted by Gasteiger charge is -2.21. The highest BCUT2D eigenvalue weighted by Gasteiger charge is 2.21. The Labute approximate surface area is 151 Å². The first-order valence-electron chi connectivity index (χ1n) is 8.34. The van der Waals surface area contributed by atoms with Crippen molar-refractivity contribution in [3.63, 3.8) is 0 Å². The SMILES string of the molecule is Cc1cc(C(=O)CCl)c(C)n1-c1ccc(N2CCCC2)c(C(=O)O)c1. The van der Waals surface area contributed by atoms with Gasteiger partial charge in [-0.05, 0) is 51.0 Å². The van der Waals surface area contributed by atoms with Crippen molar-refractivity contribution in [1.82, 2.24) is 4.57 Å². The Morgan fingerprint density at radius 1 is 1.12 bits per heavy atom. The van der Waals surface area contributed by atoms with Crippen LogP contribution in [0.15, 0.2) is 24.3 Å². The number of carboxylic acid groups (broad SMARTS) is 1. The number of aromatic carboxylic acids is 1. The topological polar surface area (TPSA) is 62.5 Å². The maximum Gasteiger partial charge on any atom is 0.337 e. The number of alkyl halides is 1. The number of carbonyl (C=O) groups excluding carboxylic acids is 1. The molecule has 2 heterocycles. The van der Waals surface area contributed by atoms with Gasteiger partial charge in [-0.1, -0.05) is 0 Å². The van der Waals surface area contributed by atoms with Gasteiger partial charge in [0.15, 0.2) is 5.78 Å².